The summed E-state index contributed by atoms with van der Waals surface area (Å²) in [7, 11) is 0. The Kier molecular flexibility index (Phi) is 2.38. The minimum absolute atomic E-state index is 0. The molecule has 0 aromatic heterocycles. The van der Waals surface area contributed by atoms with Crippen molar-refractivity contribution in [2.75, 3.05) is 0 Å². The number of allylic oxidation sites excluding steroid dienone is 2. The molecule has 1 aliphatic carbocycles. The smallest absolute Gasteiger partial charge is 0.502 e. The quantitative estimate of drug-likeness (QED) is 0.220. The Bertz CT molecular complexity index is 26.3. The second kappa shape index (κ2) is 2.01. The molecule has 0 fully saturated rings. The Labute approximate surface area is 48.2 Å². The SMILES string of the molecule is [C-]1=CC1.[Na+]. The van der Waals surface area contributed by atoms with E-state index in [0.29, 0.717) is 0 Å². The first-order chi connectivity index (χ1) is 1.50. The summed E-state index contributed by atoms with van der Waals surface area (Å²) in [6, 6.07) is 0. The third-order valence-electron chi connectivity index (χ3n) is 0.204. The van der Waals surface area contributed by atoms with Crippen LogP contribution in [-0.4, -0.2) is 0 Å². The fourth-order valence-electron chi connectivity index (χ4n) is 0. The summed E-state index contributed by atoms with van der Waals surface area (Å²) >= 11 is 0. The molecule has 0 aliphatic heterocycles. The summed E-state index contributed by atoms with van der Waals surface area (Å²) in [5.74, 6) is 0. The Hall–Kier alpha value is 0.740. The predicted molar refractivity (Wildman–Crippen MR) is 12.4 cm³/mol. The average Bonchev–Trinajstić information content (AvgIpc) is 1.46. The molecule has 1 heteroatoms. The molecule has 0 saturated heterocycles. The monoisotopic (exact) mass is 62.0 g/mol. The van der Waals surface area contributed by atoms with Crippen LogP contribution in [0.15, 0.2) is 6.08 Å². The number of hydrogen-bond acceptors (Lipinski definition) is 0. The fraction of sp³-hybridized carbons (Fsp3) is 0.333. The van der Waals surface area contributed by atoms with Crippen molar-refractivity contribution in [2.45, 2.75) is 6.42 Å². The Balaban J connectivity index is 0.0000000900. The van der Waals surface area contributed by atoms with Crippen LogP contribution in [0.25, 0.3) is 0 Å². The molecule has 0 nitrogen and oxygen atoms in total. The van der Waals surface area contributed by atoms with Crippen LogP contribution in [0.5, 0.6) is 0 Å². The van der Waals surface area contributed by atoms with Crippen LogP contribution in [0.3, 0.4) is 0 Å². The molecule has 1 rings (SSSR count). The maximum absolute atomic E-state index is 2.88. The van der Waals surface area contributed by atoms with Gasteiger partial charge in [-0.05, 0) is 0 Å². The molecule has 4 heavy (non-hydrogen) atoms. The van der Waals surface area contributed by atoms with Gasteiger partial charge in [-0.15, -0.1) is 0 Å². The van der Waals surface area contributed by atoms with Crippen molar-refractivity contribution in [3.8, 4) is 0 Å². The van der Waals surface area contributed by atoms with Gasteiger partial charge in [-0.2, -0.15) is 0 Å². The second-order valence-corrected chi connectivity index (χ2v) is 0.612. The normalized spacial score (nSPS) is 14.0. The van der Waals surface area contributed by atoms with Gasteiger partial charge in [-0.1, -0.05) is 0 Å². The summed E-state index contributed by atoms with van der Waals surface area (Å²) < 4.78 is 0. The molecular formula is C3H3Na. The molecule has 0 radical (unpaired) electrons. The van der Waals surface area contributed by atoms with E-state index in [4.69, 9.17) is 0 Å². The van der Waals surface area contributed by atoms with Gasteiger partial charge in [0.05, 0.1) is 0 Å². The molecule has 0 heterocycles. The molecule has 0 amide bonds. The zero-order valence-electron chi connectivity index (χ0n) is 2.78. The zero-order chi connectivity index (χ0) is 2.12. The van der Waals surface area contributed by atoms with Crippen LogP contribution in [0.2, 0.25) is 0 Å². The van der Waals surface area contributed by atoms with E-state index in [1.54, 1.807) is 0 Å². The van der Waals surface area contributed by atoms with Crippen molar-refractivity contribution in [3.63, 3.8) is 0 Å². The van der Waals surface area contributed by atoms with Gasteiger partial charge in [0, 0.05) is 0 Å². The van der Waals surface area contributed by atoms with Crippen LogP contribution >= 0.6 is 0 Å². The van der Waals surface area contributed by atoms with Gasteiger partial charge < -0.3 is 6.08 Å². The van der Waals surface area contributed by atoms with Gasteiger partial charge in [0.15, 0.2) is 0 Å². The van der Waals surface area contributed by atoms with E-state index >= 15 is 0 Å². The van der Waals surface area contributed by atoms with E-state index in [2.05, 4.69) is 6.08 Å². The van der Waals surface area contributed by atoms with Crippen molar-refractivity contribution in [1.29, 1.82) is 0 Å². The van der Waals surface area contributed by atoms with Crippen LogP contribution in [0.4, 0.5) is 0 Å². The van der Waals surface area contributed by atoms with Crippen LogP contribution in [-0.2, 0) is 0 Å². The van der Waals surface area contributed by atoms with Crippen LogP contribution in [0.1, 0.15) is 6.42 Å². The standard InChI is InChI=1S/C3H3.Na/c1-2-3-1;/h1H,2H2;/q-1;+1. The van der Waals surface area contributed by atoms with E-state index in [9.17, 15) is 0 Å². The van der Waals surface area contributed by atoms with E-state index in [1.807, 2.05) is 6.08 Å². The van der Waals surface area contributed by atoms with E-state index in [0.717, 1.165) is 6.42 Å². The Morgan fingerprint density at radius 2 is 2.00 bits per heavy atom. The zero-order valence-corrected chi connectivity index (χ0v) is 4.78. The fourth-order valence-corrected chi connectivity index (χ4v) is 0. The van der Waals surface area contributed by atoms with Crippen LogP contribution < -0.4 is 29.6 Å². The van der Waals surface area contributed by atoms with Gasteiger partial charge in [-0.3, -0.25) is 6.08 Å². The first kappa shape index (κ1) is 4.74. The van der Waals surface area contributed by atoms with Crippen molar-refractivity contribution < 1.29 is 29.6 Å². The Morgan fingerprint density at radius 3 is 2.00 bits per heavy atom. The number of hydrogen-bond donors (Lipinski definition) is 0. The first-order valence-electron chi connectivity index (χ1n) is 1.05. The largest absolute Gasteiger partial charge is 1.00 e. The van der Waals surface area contributed by atoms with Gasteiger partial charge in [0.1, 0.15) is 0 Å². The predicted octanol–water partition coefficient (Wildman–Crippen LogP) is -2.25. The van der Waals surface area contributed by atoms with Gasteiger partial charge >= 0.3 is 29.6 Å². The van der Waals surface area contributed by atoms with Crippen molar-refractivity contribution in [1.82, 2.24) is 0 Å². The van der Waals surface area contributed by atoms with Crippen molar-refractivity contribution in [2.24, 2.45) is 0 Å². The maximum Gasteiger partial charge on any atom is 1.00 e. The third-order valence-corrected chi connectivity index (χ3v) is 0.204. The van der Waals surface area contributed by atoms with E-state index < -0.39 is 0 Å². The molecule has 0 bridgehead atoms. The van der Waals surface area contributed by atoms with Gasteiger partial charge in [0.25, 0.3) is 0 Å². The molecule has 1 aliphatic rings. The molecule has 0 atom stereocenters. The first-order valence-corrected chi connectivity index (χ1v) is 1.05. The topological polar surface area (TPSA) is 0 Å². The van der Waals surface area contributed by atoms with Crippen molar-refractivity contribution in [3.05, 3.63) is 12.2 Å². The number of rotatable bonds is 0. The molecule has 0 aromatic rings. The second-order valence-electron chi connectivity index (χ2n) is 0.612. The molecule has 16 valence electrons. The minimum Gasteiger partial charge on any atom is -0.502 e. The van der Waals surface area contributed by atoms with Crippen molar-refractivity contribution >= 4 is 0 Å². The summed E-state index contributed by atoms with van der Waals surface area (Å²) in [4.78, 5) is 0. The molecule has 0 unspecified atom stereocenters. The minimum atomic E-state index is 0. The summed E-state index contributed by atoms with van der Waals surface area (Å²) in [6.07, 6.45) is 6.00. The Morgan fingerprint density at radius 1 is 1.75 bits per heavy atom. The molecule has 0 N–H and O–H groups in total. The molecular weight excluding hydrogens is 59.0 g/mol. The molecule has 0 aromatic carbocycles. The van der Waals surface area contributed by atoms with Gasteiger partial charge in [-0.25, -0.2) is 6.42 Å². The maximum atomic E-state index is 2.88. The van der Waals surface area contributed by atoms with E-state index in [1.165, 1.54) is 0 Å². The summed E-state index contributed by atoms with van der Waals surface area (Å²) in [5.41, 5.74) is 0. The summed E-state index contributed by atoms with van der Waals surface area (Å²) in [6.45, 7) is 0. The van der Waals surface area contributed by atoms with Gasteiger partial charge in [0.2, 0.25) is 0 Å². The van der Waals surface area contributed by atoms with Crippen LogP contribution in [0, 0.1) is 6.08 Å². The molecule has 0 spiro atoms. The third kappa shape index (κ3) is 2.74. The van der Waals surface area contributed by atoms with E-state index in [-0.39, 0.29) is 29.6 Å². The average molecular weight is 62.0 g/mol. The summed E-state index contributed by atoms with van der Waals surface area (Å²) in [5, 5.41) is 0. The molecule has 0 saturated carbocycles.